The summed E-state index contributed by atoms with van der Waals surface area (Å²) in [6, 6.07) is 3.48. The summed E-state index contributed by atoms with van der Waals surface area (Å²) in [5, 5.41) is 8.44. The molecule has 90 valence electrons. The lowest BCUT2D eigenvalue weighted by atomic mass is 10.0. The smallest absolute Gasteiger partial charge is 0.180 e. The maximum atomic E-state index is 13.6. The van der Waals surface area contributed by atoms with Crippen molar-refractivity contribution in [1.29, 1.82) is 5.26 Å². The molecule has 0 saturated heterocycles. The molecule has 1 aromatic carbocycles. The number of hydrogen-bond donors (Lipinski definition) is 0. The normalized spacial score (nSPS) is 10.2. The van der Waals surface area contributed by atoms with Crippen LogP contribution in [-0.4, -0.2) is 4.98 Å². The lowest BCUT2D eigenvalue weighted by Crippen LogP contribution is -2.03. The Morgan fingerprint density at radius 1 is 0.889 bits per heavy atom. The van der Waals surface area contributed by atoms with Gasteiger partial charge in [0.05, 0.1) is 5.56 Å². The molecule has 0 radical (unpaired) electrons. The molecule has 1 heterocycles. The maximum absolute atomic E-state index is 13.6. The molecule has 0 atom stereocenters. The van der Waals surface area contributed by atoms with Crippen LogP contribution in [0.25, 0.3) is 11.1 Å². The van der Waals surface area contributed by atoms with Crippen LogP contribution in [0.1, 0.15) is 5.56 Å². The standard InChI is InChI=1S/C12H4F4N2/c13-9-7(5-17)10(14)12(16)8(11(9)15)6-1-3-18-4-2-6/h1-4H. The van der Waals surface area contributed by atoms with Crippen molar-refractivity contribution in [2.75, 3.05) is 0 Å². The third kappa shape index (κ3) is 1.70. The van der Waals surface area contributed by atoms with Crippen LogP contribution in [0.5, 0.6) is 0 Å². The van der Waals surface area contributed by atoms with Gasteiger partial charge in [-0.1, -0.05) is 0 Å². The molecule has 0 unspecified atom stereocenters. The van der Waals surface area contributed by atoms with Gasteiger partial charge in [0.25, 0.3) is 0 Å². The monoisotopic (exact) mass is 252 g/mol. The van der Waals surface area contributed by atoms with Crippen molar-refractivity contribution in [2.45, 2.75) is 0 Å². The van der Waals surface area contributed by atoms with Crippen LogP contribution in [-0.2, 0) is 0 Å². The summed E-state index contributed by atoms with van der Waals surface area (Å²) in [6.45, 7) is 0. The minimum Gasteiger partial charge on any atom is -0.265 e. The van der Waals surface area contributed by atoms with Crippen LogP contribution in [0.2, 0.25) is 0 Å². The molecular weight excluding hydrogens is 248 g/mol. The highest BCUT2D eigenvalue weighted by Crippen LogP contribution is 2.31. The summed E-state index contributed by atoms with van der Waals surface area (Å²) in [7, 11) is 0. The lowest BCUT2D eigenvalue weighted by Gasteiger charge is -2.08. The quantitative estimate of drug-likeness (QED) is 0.577. The number of nitrogens with zero attached hydrogens (tertiary/aromatic N) is 2. The van der Waals surface area contributed by atoms with Gasteiger partial charge in [-0.05, 0) is 17.7 Å². The summed E-state index contributed by atoms with van der Waals surface area (Å²) in [6.07, 6.45) is 2.45. The van der Waals surface area contributed by atoms with Crippen molar-refractivity contribution in [3.8, 4) is 17.2 Å². The maximum Gasteiger partial charge on any atom is 0.180 e. The zero-order chi connectivity index (χ0) is 13.3. The first-order valence-electron chi connectivity index (χ1n) is 4.74. The van der Waals surface area contributed by atoms with Gasteiger partial charge in [0.1, 0.15) is 11.6 Å². The van der Waals surface area contributed by atoms with Crippen molar-refractivity contribution < 1.29 is 17.6 Å². The lowest BCUT2D eigenvalue weighted by molar-refractivity contribution is 0.454. The molecule has 0 fully saturated rings. The fourth-order valence-electron chi connectivity index (χ4n) is 1.50. The Balaban J connectivity index is 2.83. The summed E-state index contributed by atoms with van der Waals surface area (Å²) in [5.41, 5.74) is -2.20. The van der Waals surface area contributed by atoms with Gasteiger partial charge in [-0.15, -0.1) is 0 Å². The fourth-order valence-corrected chi connectivity index (χ4v) is 1.50. The summed E-state index contributed by atoms with van der Waals surface area (Å²) in [5.74, 6) is -6.61. The molecule has 0 aliphatic carbocycles. The number of nitriles is 1. The second-order valence-electron chi connectivity index (χ2n) is 3.35. The van der Waals surface area contributed by atoms with E-state index in [-0.39, 0.29) is 5.56 Å². The topological polar surface area (TPSA) is 36.7 Å². The van der Waals surface area contributed by atoms with Crippen LogP contribution in [0.3, 0.4) is 0 Å². The second kappa shape index (κ2) is 4.45. The predicted octanol–water partition coefficient (Wildman–Crippen LogP) is 3.18. The Labute approximate surface area is 99.1 Å². The molecule has 0 saturated carbocycles. The van der Waals surface area contributed by atoms with Crippen LogP contribution >= 0.6 is 0 Å². The van der Waals surface area contributed by atoms with Crippen LogP contribution < -0.4 is 0 Å². The van der Waals surface area contributed by atoms with Crippen molar-refractivity contribution in [2.24, 2.45) is 0 Å². The predicted molar refractivity (Wildman–Crippen MR) is 54.2 cm³/mol. The highest BCUT2D eigenvalue weighted by molar-refractivity contribution is 5.66. The Kier molecular flexibility index (Phi) is 2.98. The summed E-state index contributed by atoms with van der Waals surface area (Å²) < 4.78 is 54.0. The molecule has 1 aromatic heterocycles. The van der Waals surface area contributed by atoms with Gasteiger partial charge in [-0.2, -0.15) is 5.26 Å². The number of benzene rings is 1. The average Bonchev–Trinajstić information content (AvgIpc) is 2.39. The largest absolute Gasteiger partial charge is 0.265 e. The van der Waals surface area contributed by atoms with Gasteiger partial charge in [-0.3, -0.25) is 4.98 Å². The number of hydrogen-bond acceptors (Lipinski definition) is 2. The van der Waals surface area contributed by atoms with E-state index in [0.717, 1.165) is 6.07 Å². The highest BCUT2D eigenvalue weighted by atomic mass is 19.2. The molecule has 18 heavy (non-hydrogen) atoms. The fraction of sp³-hybridized carbons (Fsp3) is 0. The van der Waals surface area contributed by atoms with Crippen LogP contribution in [0.15, 0.2) is 24.5 Å². The molecular formula is C12H4F4N2. The van der Waals surface area contributed by atoms with E-state index < -0.39 is 34.4 Å². The molecule has 0 spiro atoms. The molecule has 0 aliphatic heterocycles. The minimum absolute atomic E-state index is 0.0673. The number of pyridine rings is 1. The number of halogens is 4. The third-order valence-corrected chi connectivity index (χ3v) is 2.34. The van der Waals surface area contributed by atoms with Gasteiger partial charge in [-0.25, -0.2) is 17.6 Å². The SMILES string of the molecule is N#Cc1c(F)c(F)c(-c2ccncc2)c(F)c1F. The van der Waals surface area contributed by atoms with Crippen molar-refractivity contribution in [3.05, 3.63) is 53.4 Å². The van der Waals surface area contributed by atoms with E-state index in [1.807, 2.05) is 0 Å². The summed E-state index contributed by atoms with van der Waals surface area (Å²) in [4.78, 5) is 3.62. The molecule has 0 bridgehead atoms. The van der Waals surface area contributed by atoms with E-state index in [0.29, 0.717) is 0 Å². The van der Waals surface area contributed by atoms with Gasteiger partial charge in [0.15, 0.2) is 23.3 Å². The molecule has 2 rings (SSSR count). The zero-order valence-electron chi connectivity index (χ0n) is 8.72. The molecule has 0 N–H and O–H groups in total. The summed E-state index contributed by atoms with van der Waals surface area (Å²) >= 11 is 0. The Hall–Kier alpha value is -2.42. The molecule has 6 heteroatoms. The van der Waals surface area contributed by atoms with Gasteiger partial charge in [0.2, 0.25) is 0 Å². The molecule has 0 amide bonds. The zero-order valence-corrected chi connectivity index (χ0v) is 8.72. The first-order valence-corrected chi connectivity index (χ1v) is 4.74. The van der Waals surface area contributed by atoms with Crippen molar-refractivity contribution >= 4 is 0 Å². The molecule has 2 nitrogen and oxygen atoms in total. The minimum atomic E-state index is -1.71. The Morgan fingerprint density at radius 2 is 1.39 bits per heavy atom. The van der Waals surface area contributed by atoms with Gasteiger partial charge in [0, 0.05) is 12.4 Å². The Bertz CT molecular complexity index is 618. The van der Waals surface area contributed by atoms with E-state index in [4.69, 9.17) is 5.26 Å². The number of rotatable bonds is 1. The molecule has 0 aliphatic rings. The van der Waals surface area contributed by atoms with E-state index in [2.05, 4.69) is 4.98 Å². The van der Waals surface area contributed by atoms with Gasteiger partial charge < -0.3 is 0 Å². The van der Waals surface area contributed by atoms with E-state index in [1.165, 1.54) is 24.5 Å². The van der Waals surface area contributed by atoms with Crippen molar-refractivity contribution in [1.82, 2.24) is 4.98 Å². The highest BCUT2D eigenvalue weighted by Gasteiger charge is 2.26. The molecule has 2 aromatic rings. The third-order valence-electron chi connectivity index (χ3n) is 2.34. The van der Waals surface area contributed by atoms with Crippen molar-refractivity contribution in [3.63, 3.8) is 0 Å². The van der Waals surface area contributed by atoms with Crippen LogP contribution in [0.4, 0.5) is 17.6 Å². The second-order valence-corrected chi connectivity index (χ2v) is 3.35. The van der Waals surface area contributed by atoms with E-state index >= 15 is 0 Å². The Morgan fingerprint density at radius 3 is 1.83 bits per heavy atom. The van der Waals surface area contributed by atoms with Gasteiger partial charge >= 0.3 is 0 Å². The number of aromatic nitrogens is 1. The van der Waals surface area contributed by atoms with Crippen LogP contribution in [0, 0.1) is 34.6 Å². The first-order chi connectivity index (χ1) is 8.57. The average molecular weight is 252 g/mol. The van der Waals surface area contributed by atoms with E-state index in [1.54, 1.807) is 0 Å². The van der Waals surface area contributed by atoms with E-state index in [9.17, 15) is 17.6 Å². The first kappa shape index (κ1) is 12.0.